The standard InChI is InChI=1S/C11H13N3O4S/c1-8(2)14-6-5-10(12-14)13-19(16,17)11-4-3-9(7-15)18-11/h3-8H,1-2H3,(H,12,13). The molecule has 1 N–H and O–H groups in total. The third-order valence-corrected chi connectivity index (χ3v) is 3.59. The van der Waals surface area contributed by atoms with Crippen molar-refractivity contribution in [3.63, 3.8) is 0 Å². The van der Waals surface area contributed by atoms with Crippen LogP contribution >= 0.6 is 0 Å². The van der Waals surface area contributed by atoms with Crippen LogP contribution in [0.5, 0.6) is 0 Å². The molecule has 19 heavy (non-hydrogen) atoms. The molecular weight excluding hydrogens is 270 g/mol. The molecule has 8 heteroatoms. The van der Waals surface area contributed by atoms with Gasteiger partial charge in [-0.1, -0.05) is 0 Å². The second-order valence-corrected chi connectivity index (χ2v) is 5.77. The first kappa shape index (κ1) is 13.3. The Balaban J connectivity index is 2.22. The second-order valence-electron chi connectivity index (χ2n) is 4.15. The number of rotatable bonds is 5. The van der Waals surface area contributed by atoms with Gasteiger partial charge in [-0.25, -0.2) is 0 Å². The van der Waals surface area contributed by atoms with E-state index in [2.05, 4.69) is 9.82 Å². The fraction of sp³-hybridized carbons (Fsp3) is 0.273. The number of hydrogen-bond acceptors (Lipinski definition) is 5. The molecule has 0 aliphatic heterocycles. The molecule has 0 atom stereocenters. The molecule has 2 rings (SSSR count). The van der Waals surface area contributed by atoms with Crippen molar-refractivity contribution < 1.29 is 17.6 Å². The zero-order valence-electron chi connectivity index (χ0n) is 10.4. The van der Waals surface area contributed by atoms with Crippen LogP contribution in [0.2, 0.25) is 0 Å². The van der Waals surface area contributed by atoms with E-state index < -0.39 is 10.0 Å². The highest BCUT2D eigenvalue weighted by Gasteiger charge is 2.20. The number of aldehydes is 1. The summed E-state index contributed by atoms with van der Waals surface area (Å²) in [5.74, 6) is 0.144. The lowest BCUT2D eigenvalue weighted by Gasteiger charge is -2.04. The molecule has 0 aliphatic carbocycles. The monoisotopic (exact) mass is 283 g/mol. The molecule has 0 radical (unpaired) electrons. The summed E-state index contributed by atoms with van der Waals surface area (Å²) in [5.41, 5.74) is 0. The van der Waals surface area contributed by atoms with Gasteiger partial charge in [-0.3, -0.25) is 14.2 Å². The van der Waals surface area contributed by atoms with Crippen molar-refractivity contribution in [3.8, 4) is 0 Å². The van der Waals surface area contributed by atoms with Crippen LogP contribution in [0.25, 0.3) is 0 Å². The molecule has 2 aromatic heterocycles. The van der Waals surface area contributed by atoms with E-state index in [4.69, 9.17) is 4.42 Å². The van der Waals surface area contributed by atoms with Crippen LogP contribution in [0.4, 0.5) is 5.82 Å². The summed E-state index contributed by atoms with van der Waals surface area (Å²) in [7, 11) is -3.87. The summed E-state index contributed by atoms with van der Waals surface area (Å²) in [6.07, 6.45) is 2.11. The molecule has 0 amide bonds. The predicted molar refractivity (Wildman–Crippen MR) is 67.5 cm³/mol. The molecule has 0 fully saturated rings. The van der Waals surface area contributed by atoms with Gasteiger partial charge in [-0.15, -0.1) is 0 Å². The second kappa shape index (κ2) is 4.88. The summed E-state index contributed by atoms with van der Waals surface area (Å²) >= 11 is 0. The Labute approximate surface area is 110 Å². The number of carbonyl (C=O) groups is 1. The van der Waals surface area contributed by atoms with Crippen molar-refractivity contribution >= 4 is 22.1 Å². The average molecular weight is 283 g/mol. The molecule has 0 spiro atoms. The molecule has 0 bridgehead atoms. The number of anilines is 1. The van der Waals surface area contributed by atoms with Crippen LogP contribution in [0, 0.1) is 0 Å². The van der Waals surface area contributed by atoms with Crippen LogP contribution in [-0.4, -0.2) is 24.5 Å². The van der Waals surface area contributed by atoms with Gasteiger partial charge in [0.25, 0.3) is 10.0 Å². The molecule has 7 nitrogen and oxygen atoms in total. The highest BCUT2D eigenvalue weighted by atomic mass is 32.2. The molecule has 0 unspecified atom stereocenters. The highest BCUT2D eigenvalue weighted by Crippen LogP contribution is 2.17. The van der Waals surface area contributed by atoms with Crippen molar-refractivity contribution in [2.75, 3.05) is 4.72 Å². The summed E-state index contributed by atoms with van der Waals surface area (Å²) in [6.45, 7) is 3.85. The molecule has 0 aromatic carbocycles. The van der Waals surface area contributed by atoms with Gasteiger partial charge in [0.2, 0.25) is 5.09 Å². The third kappa shape index (κ3) is 2.84. The fourth-order valence-corrected chi connectivity index (χ4v) is 2.35. The Kier molecular flexibility index (Phi) is 3.43. The quantitative estimate of drug-likeness (QED) is 0.842. The number of hydrogen-bond donors (Lipinski definition) is 1. The lowest BCUT2D eigenvalue weighted by atomic mass is 10.4. The van der Waals surface area contributed by atoms with Gasteiger partial charge in [-0.05, 0) is 26.0 Å². The molecule has 102 valence electrons. The van der Waals surface area contributed by atoms with E-state index in [1.165, 1.54) is 12.1 Å². The fourth-order valence-electron chi connectivity index (χ4n) is 1.41. The molecular formula is C11H13N3O4S. The Morgan fingerprint density at radius 1 is 1.37 bits per heavy atom. The summed E-state index contributed by atoms with van der Waals surface area (Å²) < 4.78 is 32.7. The maximum Gasteiger partial charge on any atom is 0.296 e. The van der Waals surface area contributed by atoms with E-state index >= 15 is 0 Å². The minimum atomic E-state index is -3.87. The van der Waals surface area contributed by atoms with Crippen molar-refractivity contribution in [3.05, 3.63) is 30.2 Å². The van der Waals surface area contributed by atoms with Gasteiger partial charge in [0.1, 0.15) is 0 Å². The van der Waals surface area contributed by atoms with E-state index in [-0.39, 0.29) is 22.7 Å². The Morgan fingerprint density at radius 2 is 2.11 bits per heavy atom. The van der Waals surface area contributed by atoms with Gasteiger partial charge in [0, 0.05) is 18.3 Å². The molecule has 0 saturated carbocycles. The van der Waals surface area contributed by atoms with Gasteiger partial charge in [0.05, 0.1) is 0 Å². The zero-order valence-corrected chi connectivity index (χ0v) is 11.2. The maximum atomic E-state index is 11.9. The smallest absolute Gasteiger partial charge is 0.296 e. The highest BCUT2D eigenvalue weighted by molar-refractivity contribution is 7.92. The van der Waals surface area contributed by atoms with Crippen molar-refractivity contribution in [2.45, 2.75) is 25.0 Å². The van der Waals surface area contributed by atoms with Crippen LogP contribution < -0.4 is 4.72 Å². The van der Waals surface area contributed by atoms with Crippen LogP contribution in [0.1, 0.15) is 30.4 Å². The van der Waals surface area contributed by atoms with E-state index in [1.807, 2.05) is 13.8 Å². The zero-order chi connectivity index (χ0) is 14.0. The van der Waals surface area contributed by atoms with Crippen LogP contribution in [0.3, 0.4) is 0 Å². The number of sulfonamides is 1. The number of nitrogens with one attached hydrogen (secondary N) is 1. The van der Waals surface area contributed by atoms with Crippen molar-refractivity contribution in [1.82, 2.24) is 9.78 Å². The Bertz CT molecular complexity index is 684. The van der Waals surface area contributed by atoms with E-state index in [0.717, 1.165) is 0 Å². The van der Waals surface area contributed by atoms with E-state index in [9.17, 15) is 13.2 Å². The van der Waals surface area contributed by atoms with Gasteiger partial charge in [0.15, 0.2) is 17.9 Å². The van der Waals surface area contributed by atoms with E-state index in [1.54, 1.807) is 16.9 Å². The van der Waals surface area contributed by atoms with Crippen molar-refractivity contribution in [2.24, 2.45) is 0 Å². The number of carbonyl (C=O) groups excluding carboxylic acids is 1. The Hall–Kier alpha value is -2.09. The first-order valence-electron chi connectivity index (χ1n) is 5.55. The van der Waals surface area contributed by atoms with Gasteiger partial charge < -0.3 is 4.42 Å². The molecule has 0 aliphatic rings. The largest absolute Gasteiger partial charge is 0.440 e. The summed E-state index contributed by atoms with van der Waals surface area (Å²) in [6, 6.07) is 4.17. The maximum absolute atomic E-state index is 11.9. The normalized spacial score (nSPS) is 11.7. The SMILES string of the molecule is CC(C)n1ccc(NS(=O)(=O)c2ccc(C=O)o2)n1. The first-order valence-corrected chi connectivity index (χ1v) is 7.03. The predicted octanol–water partition coefficient (Wildman–Crippen LogP) is 1.67. The minimum Gasteiger partial charge on any atom is -0.440 e. The lowest BCUT2D eigenvalue weighted by molar-refractivity contribution is 0.109. The molecule has 2 aromatic rings. The number of furan rings is 1. The topological polar surface area (TPSA) is 94.2 Å². The first-order chi connectivity index (χ1) is 8.92. The third-order valence-electron chi connectivity index (χ3n) is 2.36. The minimum absolute atomic E-state index is 0.0481. The molecule has 0 saturated heterocycles. The van der Waals surface area contributed by atoms with E-state index in [0.29, 0.717) is 6.29 Å². The molecule has 2 heterocycles. The lowest BCUT2D eigenvalue weighted by Crippen LogP contribution is -2.13. The Morgan fingerprint density at radius 3 is 2.63 bits per heavy atom. The van der Waals surface area contributed by atoms with Crippen LogP contribution in [-0.2, 0) is 10.0 Å². The van der Waals surface area contributed by atoms with Crippen LogP contribution in [0.15, 0.2) is 33.9 Å². The van der Waals surface area contributed by atoms with Gasteiger partial charge >= 0.3 is 0 Å². The summed E-state index contributed by atoms with van der Waals surface area (Å²) in [5, 5.41) is 3.74. The number of aromatic nitrogens is 2. The average Bonchev–Trinajstić information content (AvgIpc) is 2.96. The number of nitrogens with zero attached hydrogens (tertiary/aromatic N) is 2. The van der Waals surface area contributed by atoms with Gasteiger partial charge in [-0.2, -0.15) is 13.5 Å². The van der Waals surface area contributed by atoms with Crippen molar-refractivity contribution in [1.29, 1.82) is 0 Å². The summed E-state index contributed by atoms with van der Waals surface area (Å²) in [4.78, 5) is 10.5.